The first-order valence-electron chi connectivity index (χ1n) is 9.66. The minimum absolute atomic E-state index is 0.101. The first-order chi connectivity index (χ1) is 15.5. The zero-order valence-corrected chi connectivity index (χ0v) is 18.9. The Morgan fingerprint density at radius 3 is 2.45 bits per heavy atom. The summed E-state index contributed by atoms with van der Waals surface area (Å²) in [7, 11) is -7.92. The number of anilines is 2. The predicted molar refractivity (Wildman–Crippen MR) is 120 cm³/mol. The summed E-state index contributed by atoms with van der Waals surface area (Å²) < 4.78 is 54.9. The molecule has 172 valence electrons. The number of nitrogens with zero attached hydrogens (tertiary/aromatic N) is 1. The molecule has 1 aliphatic rings. The fourth-order valence-corrected chi connectivity index (χ4v) is 5.74. The van der Waals surface area contributed by atoms with E-state index in [2.05, 4.69) is 5.32 Å². The van der Waals surface area contributed by atoms with Gasteiger partial charge in [-0.3, -0.25) is 13.9 Å². The molecule has 0 spiro atoms. The molecule has 3 N–H and O–H groups in total. The summed E-state index contributed by atoms with van der Waals surface area (Å²) >= 11 is 0. The molecule has 1 atom stereocenters. The Morgan fingerprint density at radius 1 is 1.09 bits per heavy atom. The third-order valence-corrected chi connectivity index (χ3v) is 7.77. The monoisotopic (exact) mass is 489 g/mol. The standard InChI is InChI=1S/C21H19N3O7S2/c1-13(21(26)23-15-7-4-8-16(11-15)32(22,27)28)31-19(25)12-24-17-9-2-5-14-6-3-10-18(20(14)17)33(24,29)30/h2-11,13H,12H2,1H3,(H,23,26)(H2,22,27,28). The summed E-state index contributed by atoms with van der Waals surface area (Å²) in [6, 6.07) is 15.2. The number of primary sulfonamides is 1. The van der Waals surface area contributed by atoms with Gasteiger partial charge in [-0.25, -0.2) is 22.0 Å². The number of rotatable bonds is 6. The molecule has 4 rings (SSSR count). The van der Waals surface area contributed by atoms with Crippen molar-refractivity contribution in [1.82, 2.24) is 0 Å². The van der Waals surface area contributed by atoms with Crippen molar-refractivity contribution in [2.24, 2.45) is 5.14 Å². The molecule has 1 amide bonds. The summed E-state index contributed by atoms with van der Waals surface area (Å²) in [4.78, 5) is 24.8. The zero-order chi connectivity index (χ0) is 24.0. The third kappa shape index (κ3) is 4.27. The van der Waals surface area contributed by atoms with Gasteiger partial charge in [0, 0.05) is 11.1 Å². The lowest BCUT2D eigenvalue weighted by Gasteiger charge is -2.19. The summed E-state index contributed by atoms with van der Waals surface area (Å²) in [5, 5.41) is 8.75. The highest BCUT2D eigenvalue weighted by molar-refractivity contribution is 7.93. The number of ether oxygens (including phenoxy) is 1. The van der Waals surface area contributed by atoms with Crippen molar-refractivity contribution in [2.45, 2.75) is 22.8 Å². The molecule has 0 aromatic heterocycles. The fourth-order valence-electron chi connectivity index (χ4n) is 3.53. The van der Waals surface area contributed by atoms with Gasteiger partial charge in [-0.1, -0.05) is 30.3 Å². The lowest BCUT2D eigenvalue weighted by Crippen LogP contribution is -2.37. The molecule has 0 saturated carbocycles. The molecule has 33 heavy (non-hydrogen) atoms. The molecular weight excluding hydrogens is 470 g/mol. The topological polar surface area (TPSA) is 153 Å². The van der Waals surface area contributed by atoms with Crippen molar-refractivity contribution < 1.29 is 31.2 Å². The number of carbonyl (C=O) groups is 2. The Balaban J connectivity index is 1.46. The van der Waals surface area contributed by atoms with Crippen LogP contribution in [0, 0.1) is 0 Å². The van der Waals surface area contributed by atoms with Crippen LogP contribution in [0.2, 0.25) is 0 Å². The van der Waals surface area contributed by atoms with E-state index in [-0.39, 0.29) is 15.5 Å². The third-order valence-electron chi connectivity index (χ3n) is 5.06. The molecular formula is C21H19N3O7S2. The van der Waals surface area contributed by atoms with Crippen LogP contribution in [0.5, 0.6) is 0 Å². The van der Waals surface area contributed by atoms with Crippen LogP contribution in [0.3, 0.4) is 0 Å². The quantitative estimate of drug-likeness (QED) is 0.498. The number of benzene rings is 3. The molecule has 12 heteroatoms. The molecule has 3 aromatic rings. The Bertz CT molecular complexity index is 1500. The van der Waals surface area contributed by atoms with E-state index in [1.54, 1.807) is 30.3 Å². The number of amides is 1. The molecule has 0 aliphatic carbocycles. The molecule has 1 aliphatic heterocycles. The first kappa shape index (κ1) is 22.7. The largest absolute Gasteiger partial charge is 0.451 e. The normalized spacial score (nSPS) is 15.3. The average molecular weight is 490 g/mol. The van der Waals surface area contributed by atoms with E-state index in [9.17, 15) is 26.4 Å². The molecule has 0 radical (unpaired) electrons. The van der Waals surface area contributed by atoms with E-state index in [1.807, 2.05) is 0 Å². The highest BCUT2D eigenvalue weighted by Gasteiger charge is 2.37. The number of hydrogen-bond donors (Lipinski definition) is 2. The van der Waals surface area contributed by atoms with Gasteiger partial charge in [-0.2, -0.15) is 0 Å². The van der Waals surface area contributed by atoms with E-state index >= 15 is 0 Å². The fraction of sp³-hybridized carbons (Fsp3) is 0.143. The van der Waals surface area contributed by atoms with E-state index in [1.165, 1.54) is 31.2 Å². The van der Waals surface area contributed by atoms with Crippen molar-refractivity contribution >= 4 is 54.1 Å². The number of nitrogens with one attached hydrogen (secondary N) is 1. The Hall–Kier alpha value is -3.48. The van der Waals surface area contributed by atoms with E-state index in [0.717, 1.165) is 15.8 Å². The SMILES string of the molecule is CC(OC(=O)CN1c2cccc3cccc(c23)S1(=O)=O)C(=O)Nc1cccc(S(N)(=O)=O)c1. The molecule has 0 bridgehead atoms. The van der Waals surface area contributed by atoms with E-state index in [0.29, 0.717) is 11.1 Å². The maximum atomic E-state index is 13.0. The maximum Gasteiger partial charge on any atom is 0.327 e. The molecule has 10 nitrogen and oxygen atoms in total. The summed E-state index contributed by atoms with van der Waals surface area (Å²) in [5.41, 5.74) is 0.496. The van der Waals surface area contributed by atoms with Crippen LogP contribution in [0.1, 0.15) is 6.92 Å². The van der Waals surface area contributed by atoms with Crippen molar-refractivity contribution in [3.05, 3.63) is 60.7 Å². The van der Waals surface area contributed by atoms with Crippen LogP contribution in [0.4, 0.5) is 11.4 Å². The number of nitrogens with two attached hydrogens (primary N) is 1. The first-order valence-corrected chi connectivity index (χ1v) is 12.6. The van der Waals surface area contributed by atoms with Crippen molar-refractivity contribution in [1.29, 1.82) is 0 Å². The van der Waals surface area contributed by atoms with Gasteiger partial charge in [0.2, 0.25) is 10.0 Å². The van der Waals surface area contributed by atoms with Crippen molar-refractivity contribution in [3.8, 4) is 0 Å². The lowest BCUT2D eigenvalue weighted by atomic mass is 10.1. The van der Waals surface area contributed by atoms with Crippen LogP contribution in [-0.2, 0) is 34.4 Å². The Labute approximate surface area is 190 Å². The van der Waals surface area contributed by atoms with E-state index in [4.69, 9.17) is 9.88 Å². The van der Waals surface area contributed by atoms with Gasteiger partial charge in [0.15, 0.2) is 6.10 Å². The highest BCUT2D eigenvalue weighted by Crippen LogP contribution is 2.41. The zero-order valence-electron chi connectivity index (χ0n) is 17.3. The number of hydrogen-bond acceptors (Lipinski definition) is 7. The second-order valence-electron chi connectivity index (χ2n) is 7.34. The van der Waals surface area contributed by atoms with Gasteiger partial charge in [-0.05, 0) is 42.6 Å². The summed E-state index contributed by atoms with van der Waals surface area (Å²) in [6.07, 6.45) is -1.28. The highest BCUT2D eigenvalue weighted by atomic mass is 32.2. The van der Waals surface area contributed by atoms with Gasteiger partial charge < -0.3 is 10.1 Å². The van der Waals surface area contributed by atoms with Crippen LogP contribution < -0.4 is 14.8 Å². The predicted octanol–water partition coefficient (Wildman–Crippen LogP) is 1.57. The van der Waals surface area contributed by atoms with Crippen molar-refractivity contribution in [2.75, 3.05) is 16.2 Å². The minimum Gasteiger partial charge on any atom is -0.451 e. The van der Waals surface area contributed by atoms with Gasteiger partial charge in [0.1, 0.15) is 6.54 Å². The second kappa shape index (κ2) is 8.14. The summed E-state index contributed by atoms with van der Waals surface area (Å²) in [6.45, 7) is 0.694. The number of sulfonamides is 2. The van der Waals surface area contributed by atoms with Gasteiger partial charge in [0.25, 0.3) is 15.9 Å². The van der Waals surface area contributed by atoms with Gasteiger partial charge in [0.05, 0.1) is 15.5 Å². The second-order valence-corrected chi connectivity index (χ2v) is 10.7. The van der Waals surface area contributed by atoms with E-state index < -0.39 is 44.6 Å². The molecule has 1 unspecified atom stereocenters. The Kier molecular flexibility index (Phi) is 5.60. The van der Waals surface area contributed by atoms with Crippen LogP contribution in [0.15, 0.2) is 70.5 Å². The lowest BCUT2D eigenvalue weighted by molar-refractivity contribution is -0.151. The minimum atomic E-state index is -3.96. The van der Waals surface area contributed by atoms with Crippen LogP contribution >= 0.6 is 0 Å². The Morgan fingerprint density at radius 2 is 1.76 bits per heavy atom. The molecule has 3 aromatic carbocycles. The molecule has 1 heterocycles. The number of esters is 1. The van der Waals surface area contributed by atoms with Gasteiger partial charge >= 0.3 is 5.97 Å². The molecule has 0 fully saturated rings. The van der Waals surface area contributed by atoms with Crippen LogP contribution in [-0.4, -0.2) is 41.4 Å². The van der Waals surface area contributed by atoms with Gasteiger partial charge in [-0.15, -0.1) is 0 Å². The average Bonchev–Trinajstić information content (AvgIpc) is 2.96. The van der Waals surface area contributed by atoms with Crippen LogP contribution in [0.25, 0.3) is 10.8 Å². The smallest absolute Gasteiger partial charge is 0.327 e. The molecule has 0 saturated heterocycles. The van der Waals surface area contributed by atoms with Crippen molar-refractivity contribution in [3.63, 3.8) is 0 Å². The maximum absolute atomic E-state index is 13.0. The number of carbonyl (C=O) groups excluding carboxylic acids is 2. The summed E-state index contributed by atoms with van der Waals surface area (Å²) in [5.74, 6) is -1.66.